The Hall–Kier alpha value is -0.730. The third kappa shape index (κ3) is 0.638. The van der Waals surface area contributed by atoms with Crippen molar-refractivity contribution in [3.05, 3.63) is 12.3 Å². The molecular weight excluding hydrogens is 112 g/mol. The van der Waals surface area contributed by atoms with Crippen molar-refractivity contribution in [3.8, 4) is 0 Å². The summed E-state index contributed by atoms with van der Waals surface area (Å²) in [6, 6.07) is 0. The molecule has 0 atom stereocenters. The van der Waals surface area contributed by atoms with Crippen molar-refractivity contribution in [3.63, 3.8) is 0 Å². The molecule has 0 saturated heterocycles. The lowest BCUT2D eigenvalue weighted by Gasteiger charge is -2.03. The fourth-order valence-corrected chi connectivity index (χ4v) is 0.449. The van der Waals surface area contributed by atoms with Crippen LogP contribution in [0.1, 0.15) is 6.92 Å². The lowest BCUT2D eigenvalue weighted by atomic mass is 10.2. The zero-order chi connectivity index (χ0) is 6.20. The first kappa shape index (κ1) is 5.41. The normalized spacial score (nSPS) is 23.6. The second-order valence-corrected chi connectivity index (χ2v) is 1.65. The summed E-state index contributed by atoms with van der Waals surface area (Å²) >= 11 is 0. The molecule has 0 aromatic heterocycles. The number of hydrogen-bond donors (Lipinski definition) is 0. The van der Waals surface area contributed by atoms with Crippen LogP contribution in [0.3, 0.4) is 0 Å². The van der Waals surface area contributed by atoms with Crippen molar-refractivity contribution in [2.24, 2.45) is 4.99 Å². The quantitative estimate of drug-likeness (QED) is 0.457. The molecule has 0 amide bonds. The Morgan fingerprint density at radius 1 is 1.62 bits per heavy atom. The summed E-state index contributed by atoms with van der Waals surface area (Å²) in [5.41, 5.74) is -0.127. The Kier molecular flexibility index (Phi) is 0.927. The molecule has 0 aliphatic carbocycles. The molecule has 1 heterocycles. The molecule has 8 heavy (non-hydrogen) atoms. The van der Waals surface area contributed by atoms with Crippen LogP contribution in [0.15, 0.2) is 17.3 Å². The second kappa shape index (κ2) is 1.37. The molecule has 0 unspecified atom stereocenters. The molecule has 1 rings (SSSR count). The zero-order valence-electron chi connectivity index (χ0n) is 4.36. The lowest BCUT2D eigenvalue weighted by Crippen LogP contribution is -2.19. The first-order valence-electron chi connectivity index (χ1n) is 2.23. The first-order chi connectivity index (χ1) is 3.63. The van der Waals surface area contributed by atoms with Crippen LogP contribution in [0.2, 0.25) is 0 Å². The van der Waals surface area contributed by atoms with Crippen LogP contribution in [-0.2, 0) is 0 Å². The van der Waals surface area contributed by atoms with E-state index in [1.165, 1.54) is 6.92 Å². The van der Waals surface area contributed by atoms with Crippen LogP contribution in [-0.4, -0.2) is 11.6 Å². The van der Waals surface area contributed by atoms with Gasteiger partial charge in [-0.1, -0.05) is 0 Å². The zero-order valence-corrected chi connectivity index (χ0v) is 4.36. The molecule has 1 nitrogen and oxygen atoms in total. The van der Waals surface area contributed by atoms with Crippen molar-refractivity contribution in [2.45, 2.75) is 12.8 Å². The average Bonchev–Trinajstić information content (AvgIpc) is 1.86. The topological polar surface area (TPSA) is 12.4 Å². The molecule has 0 aromatic carbocycles. The van der Waals surface area contributed by atoms with Gasteiger partial charge in [0.1, 0.15) is 0 Å². The minimum Gasteiger partial charge on any atom is -0.259 e. The second-order valence-electron chi connectivity index (χ2n) is 1.65. The number of aliphatic imine (C=N–C) groups is 1. The molecule has 44 valence electrons. The summed E-state index contributed by atoms with van der Waals surface area (Å²) in [4.78, 5) is 3.38. The van der Waals surface area contributed by atoms with Crippen molar-refractivity contribution >= 4 is 5.71 Å². The number of allylic oxidation sites excluding steroid dienone is 1. The maximum Gasteiger partial charge on any atom is 0.305 e. The molecule has 1 aliphatic rings. The monoisotopic (exact) mass is 117 g/mol. The average molecular weight is 117 g/mol. The summed E-state index contributed by atoms with van der Waals surface area (Å²) in [6.45, 7) is 1.31. The highest BCUT2D eigenvalue weighted by Gasteiger charge is 2.31. The third-order valence-corrected chi connectivity index (χ3v) is 1.03. The van der Waals surface area contributed by atoms with Crippen LogP contribution in [0.25, 0.3) is 0 Å². The van der Waals surface area contributed by atoms with Crippen molar-refractivity contribution < 1.29 is 8.78 Å². The fourth-order valence-electron chi connectivity index (χ4n) is 0.449. The Morgan fingerprint density at radius 3 is 2.38 bits per heavy atom. The van der Waals surface area contributed by atoms with Gasteiger partial charge in [0.15, 0.2) is 0 Å². The highest BCUT2D eigenvalue weighted by atomic mass is 19.3. The Balaban J connectivity index is 2.87. The maximum atomic E-state index is 12.1. The molecule has 0 saturated carbocycles. The molecule has 0 radical (unpaired) electrons. The van der Waals surface area contributed by atoms with Gasteiger partial charge in [-0.3, -0.25) is 4.99 Å². The first-order valence-corrected chi connectivity index (χ1v) is 2.23. The summed E-state index contributed by atoms with van der Waals surface area (Å²) in [7, 11) is 0. The predicted molar refractivity (Wildman–Crippen MR) is 27.2 cm³/mol. The van der Waals surface area contributed by atoms with Crippen LogP contribution in [0.4, 0.5) is 8.78 Å². The van der Waals surface area contributed by atoms with Gasteiger partial charge in [-0.25, -0.2) is 0 Å². The highest BCUT2D eigenvalue weighted by molar-refractivity contribution is 5.92. The van der Waals surface area contributed by atoms with Crippen LogP contribution in [0, 0.1) is 0 Å². The number of rotatable bonds is 0. The lowest BCUT2D eigenvalue weighted by molar-refractivity contribution is 0.137. The van der Waals surface area contributed by atoms with Gasteiger partial charge in [0.2, 0.25) is 0 Å². The fraction of sp³-hybridized carbons (Fsp3) is 0.400. The van der Waals surface area contributed by atoms with E-state index in [0.717, 1.165) is 12.3 Å². The molecule has 0 aromatic rings. The van der Waals surface area contributed by atoms with Crippen molar-refractivity contribution in [1.29, 1.82) is 0 Å². The smallest absolute Gasteiger partial charge is 0.259 e. The number of nitrogens with zero attached hydrogens (tertiary/aromatic N) is 1. The minimum atomic E-state index is -2.78. The molecule has 0 spiro atoms. The van der Waals surface area contributed by atoms with Crippen molar-refractivity contribution in [1.82, 2.24) is 0 Å². The summed E-state index contributed by atoms with van der Waals surface area (Å²) in [5.74, 6) is -2.78. The van der Waals surface area contributed by atoms with E-state index in [9.17, 15) is 8.78 Å². The van der Waals surface area contributed by atoms with Crippen LogP contribution < -0.4 is 0 Å². The molecule has 0 bridgehead atoms. The van der Waals surface area contributed by atoms with Crippen molar-refractivity contribution in [2.75, 3.05) is 0 Å². The van der Waals surface area contributed by atoms with E-state index < -0.39 is 5.92 Å². The third-order valence-electron chi connectivity index (χ3n) is 1.03. The summed E-state index contributed by atoms with van der Waals surface area (Å²) in [5, 5.41) is 0. The largest absolute Gasteiger partial charge is 0.305 e. The Labute approximate surface area is 45.7 Å². The van der Waals surface area contributed by atoms with E-state index in [2.05, 4.69) is 4.99 Å². The van der Waals surface area contributed by atoms with E-state index in [1.54, 1.807) is 0 Å². The van der Waals surface area contributed by atoms with Gasteiger partial charge in [0.05, 0.1) is 5.71 Å². The number of hydrogen-bond acceptors (Lipinski definition) is 1. The van der Waals surface area contributed by atoms with Crippen LogP contribution in [0.5, 0.6) is 0 Å². The molecular formula is C5H5F2N. The van der Waals surface area contributed by atoms with Gasteiger partial charge in [0, 0.05) is 12.3 Å². The Morgan fingerprint density at radius 2 is 2.25 bits per heavy atom. The van der Waals surface area contributed by atoms with E-state index in [4.69, 9.17) is 0 Å². The van der Waals surface area contributed by atoms with E-state index in [0.29, 0.717) is 0 Å². The van der Waals surface area contributed by atoms with Gasteiger partial charge in [-0.2, -0.15) is 8.78 Å². The number of alkyl halides is 2. The Bertz CT molecular complexity index is 158. The van der Waals surface area contributed by atoms with Gasteiger partial charge in [0.25, 0.3) is 0 Å². The standard InChI is InChI=1S/C5H5F2N/c1-4-5(6,7)2-3-8-4/h2-3H,1H3. The van der Waals surface area contributed by atoms with Crippen LogP contribution >= 0.6 is 0 Å². The molecule has 3 heteroatoms. The highest BCUT2D eigenvalue weighted by Crippen LogP contribution is 2.21. The maximum absolute atomic E-state index is 12.1. The van der Waals surface area contributed by atoms with Gasteiger partial charge >= 0.3 is 5.92 Å². The molecule has 0 fully saturated rings. The van der Waals surface area contributed by atoms with E-state index in [1.807, 2.05) is 0 Å². The van der Waals surface area contributed by atoms with E-state index >= 15 is 0 Å². The van der Waals surface area contributed by atoms with E-state index in [-0.39, 0.29) is 5.71 Å². The van der Waals surface area contributed by atoms with Gasteiger partial charge in [-0.15, -0.1) is 0 Å². The summed E-state index contributed by atoms with van der Waals surface area (Å²) < 4.78 is 24.2. The SMILES string of the molecule is CC1=NC=CC1(F)F. The molecule has 1 aliphatic heterocycles. The minimum absolute atomic E-state index is 0.127. The molecule has 0 N–H and O–H groups in total. The predicted octanol–water partition coefficient (Wildman–Crippen LogP) is 1.61. The number of halogens is 2. The summed E-state index contributed by atoms with van der Waals surface area (Å²) in [6.07, 6.45) is 1.90. The van der Waals surface area contributed by atoms with Gasteiger partial charge < -0.3 is 0 Å². The van der Waals surface area contributed by atoms with Gasteiger partial charge in [-0.05, 0) is 6.92 Å².